The fourth-order valence-corrected chi connectivity index (χ4v) is 3.71. The molecule has 3 aromatic rings. The molecule has 0 N–H and O–H groups in total. The van der Waals surface area contributed by atoms with Crippen LogP contribution in [0.25, 0.3) is 21.7 Å². The lowest BCUT2D eigenvalue weighted by Gasteiger charge is -2.04. The SMILES string of the molecule is CSc1ccc(-c2nc(Cl)sc2-c2ccc(Cl)cc2)cc1. The van der Waals surface area contributed by atoms with Crippen LogP contribution in [0.5, 0.6) is 0 Å². The zero-order valence-electron chi connectivity index (χ0n) is 11.1. The van der Waals surface area contributed by atoms with Gasteiger partial charge in [-0.1, -0.05) is 47.5 Å². The summed E-state index contributed by atoms with van der Waals surface area (Å²) in [6, 6.07) is 16.1. The molecule has 106 valence electrons. The Morgan fingerprint density at radius 2 is 1.52 bits per heavy atom. The summed E-state index contributed by atoms with van der Waals surface area (Å²) in [5, 5.41) is 0.722. The summed E-state index contributed by atoms with van der Waals surface area (Å²) in [7, 11) is 0. The van der Waals surface area contributed by atoms with Crippen molar-refractivity contribution in [1.82, 2.24) is 4.98 Å². The number of benzene rings is 2. The van der Waals surface area contributed by atoms with E-state index in [1.165, 1.54) is 16.2 Å². The fourth-order valence-electron chi connectivity index (χ4n) is 2.04. The number of halogens is 2. The van der Waals surface area contributed by atoms with E-state index in [-0.39, 0.29) is 0 Å². The van der Waals surface area contributed by atoms with Crippen molar-refractivity contribution in [3.63, 3.8) is 0 Å². The molecule has 0 saturated heterocycles. The van der Waals surface area contributed by atoms with E-state index >= 15 is 0 Å². The van der Waals surface area contributed by atoms with E-state index in [1.807, 2.05) is 24.3 Å². The van der Waals surface area contributed by atoms with E-state index < -0.39 is 0 Å². The van der Waals surface area contributed by atoms with Crippen LogP contribution in [0.4, 0.5) is 0 Å². The monoisotopic (exact) mass is 351 g/mol. The highest BCUT2D eigenvalue weighted by Gasteiger charge is 2.14. The van der Waals surface area contributed by atoms with Gasteiger partial charge < -0.3 is 0 Å². The second-order valence-corrected chi connectivity index (χ2v) is 7.28. The predicted octanol–water partition coefficient (Wildman–Crippen LogP) is 6.51. The van der Waals surface area contributed by atoms with Crippen molar-refractivity contribution in [2.75, 3.05) is 6.26 Å². The highest BCUT2D eigenvalue weighted by Crippen LogP contribution is 2.39. The molecule has 1 nitrogen and oxygen atoms in total. The van der Waals surface area contributed by atoms with Gasteiger partial charge >= 0.3 is 0 Å². The zero-order chi connectivity index (χ0) is 14.8. The predicted molar refractivity (Wildman–Crippen MR) is 94.8 cm³/mol. The molecule has 3 rings (SSSR count). The molecule has 1 heterocycles. The van der Waals surface area contributed by atoms with Gasteiger partial charge in [-0.25, -0.2) is 4.98 Å². The molecule has 0 saturated carbocycles. The van der Waals surface area contributed by atoms with Crippen molar-refractivity contribution in [3.8, 4) is 21.7 Å². The van der Waals surface area contributed by atoms with Crippen LogP contribution < -0.4 is 0 Å². The second kappa shape index (κ2) is 6.41. The minimum Gasteiger partial charge on any atom is -0.224 e. The van der Waals surface area contributed by atoms with Crippen LogP contribution in [-0.2, 0) is 0 Å². The average Bonchev–Trinajstić information content (AvgIpc) is 2.90. The van der Waals surface area contributed by atoms with E-state index in [2.05, 4.69) is 35.5 Å². The summed E-state index contributed by atoms with van der Waals surface area (Å²) in [4.78, 5) is 6.77. The van der Waals surface area contributed by atoms with Crippen molar-refractivity contribution >= 4 is 46.3 Å². The van der Waals surface area contributed by atoms with E-state index in [0.717, 1.165) is 26.7 Å². The third-order valence-corrected chi connectivity index (χ3v) is 5.28. The zero-order valence-corrected chi connectivity index (χ0v) is 14.3. The van der Waals surface area contributed by atoms with E-state index in [9.17, 15) is 0 Å². The first-order valence-corrected chi connectivity index (χ1v) is 9.04. The normalized spacial score (nSPS) is 10.8. The molecular formula is C16H11Cl2NS2. The molecule has 21 heavy (non-hydrogen) atoms. The quantitative estimate of drug-likeness (QED) is 0.499. The highest BCUT2D eigenvalue weighted by atomic mass is 35.5. The number of hydrogen-bond donors (Lipinski definition) is 0. The van der Waals surface area contributed by atoms with Gasteiger partial charge in [0, 0.05) is 15.5 Å². The molecule has 0 spiro atoms. The molecule has 5 heteroatoms. The van der Waals surface area contributed by atoms with Crippen molar-refractivity contribution in [1.29, 1.82) is 0 Å². The summed E-state index contributed by atoms with van der Waals surface area (Å²) in [5.74, 6) is 0. The highest BCUT2D eigenvalue weighted by molar-refractivity contribution is 7.98. The average molecular weight is 352 g/mol. The summed E-state index contributed by atoms with van der Waals surface area (Å²) in [6.45, 7) is 0. The summed E-state index contributed by atoms with van der Waals surface area (Å²) in [5.41, 5.74) is 3.06. The Hall–Kier alpha value is -1.00. The third kappa shape index (κ3) is 3.27. The van der Waals surface area contributed by atoms with E-state index in [1.54, 1.807) is 11.8 Å². The summed E-state index contributed by atoms with van der Waals surface area (Å²) < 4.78 is 0.545. The smallest absolute Gasteiger partial charge is 0.184 e. The lowest BCUT2D eigenvalue weighted by Crippen LogP contribution is -1.82. The molecule has 0 bridgehead atoms. The van der Waals surface area contributed by atoms with E-state index in [0.29, 0.717) is 4.47 Å². The first-order chi connectivity index (χ1) is 10.2. The largest absolute Gasteiger partial charge is 0.224 e. The maximum absolute atomic E-state index is 6.13. The number of hydrogen-bond acceptors (Lipinski definition) is 3. The molecule has 0 atom stereocenters. The summed E-state index contributed by atoms with van der Waals surface area (Å²) in [6.07, 6.45) is 2.06. The van der Waals surface area contributed by atoms with Gasteiger partial charge in [0.05, 0.1) is 10.6 Å². The van der Waals surface area contributed by atoms with Crippen molar-refractivity contribution < 1.29 is 0 Å². The number of aromatic nitrogens is 1. The van der Waals surface area contributed by atoms with Gasteiger partial charge in [-0.15, -0.1) is 23.1 Å². The number of rotatable bonds is 3. The minimum atomic E-state index is 0.545. The Bertz CT molecular complexity index is 749. The van der Waals surface area contributed by atoms with Gasteiger partial charge in [0.25, 0.3) is 0 Å². The van der Waals surface area contributed by atoms with Crippen LogP contribution in [0.3, 0.4) is 0 Å². The summed E-state index contributed by atoms with van der Waals surface area (Å²) >= 11 is 15.3. The molecule has 0 fully saturated rings. The Kier molecular flexibility index (Phi) is 4.55. The Morgan fingerprint density at radius 1 is 0.905 bits per heavy atom. The molecule has 0 radical (unpaired) electrons. The van der Waals surface area contributed by atoms with Gasteiger partial charge in [-0.2, -0.15) is 0 Å². The van der Waals surface area contributed by atoms with Crippen molar-refractivity contribution in [2.24, 2.45) is 0 Å². The number of nitrogens with zero attached hydrogens (tertiary/aromatic N) is 1. The molecule has 2 aromatic carbocycles. The Morgan fingerprint density at radius 3 is 2.14 bits per heavy atom. The van der Waals surface area contributed by atoms with Crippen LogP contribution in [-0.4, -0.2) is 11.2 Å². The van der Waals surface area contributed by atoms with Crippen LogP contribution in [0, 0.1) is 0 Å². The molecule has 0 aliphatic heterocycles. The lowest BCUT2D eigenvalue weighted by atomic mass is 10.1. The molecular weight excluding hydrogens is 341 g/mol. The molecule has 1 aromatic heterocycles. The first kappa shape index (κ1) is 14.9. The van der Waals surface area contributed by atoms with Crippen LogP contribution in [0.1, 0.15) is 0 Å². The number of thioether (sulfide) groups is 1. The fraction of sp³-hybridized carbons (Fsp3) is 0.0625. The maximum Gasteiger partial charge on any atom is 0.184 e. The van der Waals surface area contributed by atoms with Gasteiger partial charge in [-0.05, 0) is 36.1 Å². The van der Waals surface area contributed by atoms with Gasteiger partial charge in [0.15, 0.2) is 4.47 Å². The topological polar surface area (TPSA) is 12.9 Å². The van der Waals surface area contributed by atoms with Crippen LogP contribution in [0.15, 0.2) is 53.4 Å². The number of thiazole rings is 1. The van der Waals surface area contributed by atoms with Gasteiger partial charge in [0.1, 0.15) is 0 Å². The van der Waals surface area contributed by atoms with Crippen LogP contribution in [0.2, 0.25) is 9.49 Å². The molecule has 0 aliphatic rings. The van der Waals surface area contributed by atoms with E-state index in [4.69, 9.17) is 23.2 Å². The van der Waals surface area contributed by atoms with Gasteiger partial charge in [-0.3, -0.25) is 0 Å². The first-order valence-electron chi connectivity index (χ1n) is 6.24. The molecule has 0 amide bonds. The van der Waals surface area contributed by atoms with Crippen molar-refractivity contribution in [3.05, 3.63) is 58.0 Å². The molecule has 0 aliphatic carbocycles. The Balaban J connectivity index is 2.08. The molecule has 0 unspecified atom stereocenters. The lowest BCUT2D eigenvalue weighted by molar-refractivity contribution is 1.38. The third-order valence-electron chi connectivity index (χ3n) is 3.07. The standard InChI is InChI=1S/C16H11Cl2NS2/c1-20-13-8-4-10(5-9-13)14-15(21-16(18)19-14)11-2-6-12(17)7-3-11/h2-9H,1H3. The minimum absolute atomic E-state index is 0.545. The second-order valence-electron chi connectivity index (χ2n) is 4.38. The maximum atomic E-state index is 6.13. The van der Waals surface area contributed by atoms with Crippen molar-refractivity contribution in [2.45, 2.75) is 4.90 Å². The Labute approximate surface area is 142 Å². The van der Waals surface area contributed by atoms with Gasteiger partial charge in [0.2, 0.25) is 0 Å². The van der Waals surface area contributed by atoms with Crippen LogP contribution >= 0.6 is 46.3 Å².